The molecule has 0 bridgehead atoms. The molecule has 0 amide bonds. The summed E-state index contributed by atoms with van der Waals surface area (Å²) in [4.78, 5) is 8.78. The molecule has 4 aromatic rings. The van der Waals surface area contributed by atoms with Crippen molar-refractivity contribution in [1.29, 1.82) is 0 Å². The summed E-state index contributed by atoms with van der Waals surface area (Å²) in [6.45, 7) is 1.78. The molecule has 1 unspecified atom stereocenters. The van der Waals surface area contributed by atoms with Gasteiger partial charge in [0.25, 0.3) is 0 Å². The zero-order valence-electron chi connectivity index (χ0n) is 19.9. The molecule has 2 atom stereocenters. The summed E-state index contributed by atoms with van der Waals surface area (Å²) in [6, 6.07) is 20.3. The van der Waals surface area contributed by atoms with E-state index in [2.05, 4.69) is 21.9 Å². The lowest BCUT2D eigenvalue weighted by Crippen LogP contribution is -2.57. The number of hydroxylamine groups is 2. The lowest BCUT2D eigenvalue weighted by molar-refractivity contribution is -0.939. The fourth-order valence-corrected chi connectivity index (χ4v) is 5.02. The number of piperidine rings is 1. The van der Waals surface area contributed by atoms with Crippen molar-refractivity contribution < 1.29 is 9.49 Å². The number of anilines is 1. The van der Waals surface area contributed by atoms with Gasteiger partial charge in [-0.2, -0.15) is 5.10 Å². The zero-order valence-corrected chi connectivity index (χ0v) is 19.9. The Hall–Kier alpha value is -3.97. The van der Waals surface area contributed by atoms with Crippen molar-refractivity contribution in [3.63, 3.8) is 0 Å². The molecule has 9 nitrogen and oxygen atoms in total. The summed E-state index contributed by atoms with van der Waals surface area (Å²) >= 11 is 0. The van der Waals surface area contributed by atoms with Gasteiger partial charge in [0.15, 0.2) is 11.7 Å². The first-order valence-corrected chi connectivity index (χ1v) is 12.3. The number of rotatable bonds is 5. The molecule has 0 aliphatic carbocycles. The molecule has 36 heavy (non-hydrogen) atoms. The van der Waals surface area contributed by atoms with Crippen LogP contribution in [0.4, 0.5) is 5.82 Å². The highest BCUT2D eigenvalue weighted by atomic mass is 16.6. The van der Waals surface area contributed by atoms with E-state index < -0.39 is 4.76 Å². The molecular weight excluding hydrogens is 454 g/mol. The molecule has 182 valence electrons. The molecular formula is C27H27N7O2. The largest absolute Gasteiger partial charge is 0.598 e. The van der Waals surface area contributed by atoms with Gasteiger partial charge in [-0.3, -0.25) is 0 Å². The second kappa shape index (κ2) is 9.24. The third kappa shape index (κ3) is 4.16. The molecule has 4 heterocycles. The van der Waals surface area contributed by atoms with Crippen molar-refractivity contribution >= 4 is 16.9 Å². The van der Waals surface area contributed by atoms with Gasteiger partial charge in [0.05, 0.1) is 18.0 Å². The number of nitrogens with zero attached hydrogens (tertiary/aromatic N) is 6. The summed E-state index contributed by atoms with van der Waals surface area (Å²) < 4.78 is 7.29. The third-order valence-corrected chi connectivity index (χ3v) is 6.82. The molecule has 2 aliphatic heterocycles. The first-order valence-electron chi connectivity index (χ1n) is 12.3. The SMILES string of the molecule is Nc1ncnc2c1c(-c1ccc(Oc3ccccc3)cc1)nn2[C@@H]1CCCN([N+]2([O-])C#CCCC2)C1. The van der Waals surface area contributed by atoms with Gasteiger partial charge in [-0.05, 0) is 55.2 Å². The highest BCUT2D eigenvalue weighted by Crippen LogP contribution is 2.35. The first kappa shape index (κ1) is 22.5. The summed E-state index contributed by atoms with van der Waals surface area (Å²) in [6.07, 6.45) is 4.86. The number of aromatic nitrogens is 4. The van der Waals surface area contributed by atoms with Gasteiger partial charge >= 0.3 is 0 Å². The molecule has 2 aliphatic rings. The number of fused-ring (bicyclic) bond motifs is 1. The fraction of sp³-hybridized carbons (Fsp3) is 0.296. The second-order valence-corrected chi connectivity index (χ2v) is 9.22. The van der Waals surface area contributed by atoms with E-state index >= 15 is 0 Å². The maximum atomic E-state index is 13.4. The number of para-hydroxylation sites is 1. The van der Waals surface area contributed by atoms with Crippen molar-refractivity contribution in [3.05, 3.63) is 66.1 Å². The van der Waals surface area contributed by atoms with Crippen LogP contribution in [0, 0.1) is 17.2 Å². The minimum atomic E-state index is -0.567. The van der Waals surface area contributed by atoms with Gasteiger partial charge in [-0.15, -0.1) is 5.01 Å². The van der Waals surface area contributed by atoms with Gasteiger partial charge in [0.1, 0.15) is 35.9 Å². The molecule has 1 fully saturated rings. The molecule has 0 saturated carbocycles. The van der Waals surface area contributed by atoms with E-state index in [0.29, 0.717) is 24.6 Å². The van der Waals surface area contributed by atoms with Crippen LogP contribution in [0.15, 0.2) is 60.9 Å². The monoisotopic (exact) mass is 481 g/mol. The average molecular weight is 482 g/mol. The number of benzene rings is 2. The fourth-order valence-electron chi connectivity index (χ4n) is 5.02. The predicted octanol–water partition coefficient (Wildman–Crippen LogP) is 4.49. The Bertz CT molecular complexity index is 1440. The quantitative estimate of drug-likeness (QED) is 0.254. The Morgan fingerprint density at radius 2 is 1.83 bits per heavy atom. The van der Waals surface area contributed by atoms with E-state index in [1.165, 1.54) is 6.33 Å². The lowest BCUT2D eigenvalue weighted by atomic mass is 10.1. The summed E-state index contributed by atoms with van der Waals surface area (Å²) in [5, 5.41) is 21.0. The lowest BCUT2D eigenvalue weighted by Gasteiger charge is -2.47. The first-order chi connectivity index (χ1) is 17.6. The van der Waals surface area contributed by atoms with Crippen molar-refractivity contribution in [2.24, 2.45) is 0 Å². The van der Waals surface area contributed by atoms with Crippen LogP contribution in [0.3, 0.4) is 0 Å². The maximum Gasteiger partial charge on any atom is 0.164 e. The number of quaternary nitrogens is 1. The topological polar surface area (TPSA) is 105 Å². The Morgan fingerprint density at radius 3 is 2.61 bits per heavy atom. The molecule has 1 saturated heterocycles. The molecule has 2 aromatic heterocycles. The number of ether oxygens (including phenoxy) is 1. The highest BCUT2D eigenvalue weighted by Gasteiger charge is 2.35. The van der Waals surface area contributed by atoms with Gasteiger partial charge in [-0.1, -0.05) is 18.2 Å². The molecule has 6 rings (SSSR count). The van der Waals surface area contributed by atoms with E-state index in [1.54, 1.807) is 0 Å². The number of nitrogen functional groups attached to an aromatic ring is 1. The van der Waals surface area contributed by atoms with Crippen LogP contribution in [0.2, 0.25) is 0 Å². The standard InChI is InChI=1S/C27H27N7O2/c28-26-24-25(20-11-13-23(14-12-20)36-22-9-3-1-4-10-22)31-33(27(24)30-19-29-26)21-8-7-15-32(18-21)34(35)16-5-2-6-17-34/h1,3-4,9-14,19,21H,2,5,7-8,15-16,18H2,(H2,28,29,30)/t21-,34?/m1/s1. The molecule has 0 spiro atoms. The Kier molecular flexibility index (Phi) is 5.77. The smallest absolute Gasteiger partial charge is 0.164 e. The highest BCUT2D eigenvalue weighted by molar-refractivity contribution is 5.98. The molecule has 2 N–H and O–H groups in total. The van der Waals surface area contributed by atoms with E-state index in [4.69, 9.17) is 15.6 Å². The zero-order chi connectivity index (χ0) is 24.5. The van der Waals surface area contributed by atoms with Crippen LogP contribution in [-0.4, -0.2) is 49.1 Å². The van der Waals surface area contributed by atoms with E-state index in [1.807, 2.05) is 64.3 Å². The summed E-state index contributed by atoms with van der Waals surface area (Å²) in [5.41, 5.74) is 8.61. The van der Waals surface area contributed by atoms with Gasteiger partial charge < -0.3 is 15.7 Å². The van der Waals surface area contributed by atoms with Crippen LogP contribution in [0.5, 0.6) is 11.5 Å². The third-order valence-electron chi connectivity index (χ3n) is 6.82. The number of hydrogen-bond donors (Lipinski definition) is 1. The normalized spacial score (nSPS) is 22.2. The Labute approximate surface area is 209 Å². The number of nitrogens with two attached hydrogens (primary N) is 1. The number of hydrogen-bond acceptors (Lipinski definition) is 7. The van der Waals surface area contributed by atoms with E-state index in [9.17, 15) is 5.21 Å². The maximum absolute atomic E-state index is 13.4. The molecule has 9 heteroatoms. The van der Waals surface area contributed by atoms with Crippen molar-refractivity contribution in [2.75, 3.05) is 25.4 Å². The van der Waals surface area contributed by atoms with Crippen molar-refractivity contribution in [3.8, 4) is 34.7 Å². The van der Waals surface area contributed by atoms with E-state index in [-0.39, 0.29) is 6.04 Å². The van der Waals surface area contributed by atoms with Crippen LogP contribution >= 0.6 is 0 Å². The van der Waals surface area contributed by atoms with Crippen molar-refractivity contribution in [2.45, 2.75) is 31.7 Å². The van der Waals surface area contributed by atoms with Crippen LogP contribution < -0.4 is 10.5 Å². The van der Waals surface area contributed by atoms with Gasteiger partial charge in [0, 0.05) is 24.9 Å². The van der Waals surface area contributed by atoms with Crippen LogP contribution in [-0.2, 0) is 0 Å². The Morgan fingerprint density at radius 1 is 1.03 bits per heavy atom. The van der Waals surface area contributed by atoms with E-state index in [0.717, 1.165) is 60.4 Å². The molecule has 0 radical (unpaired) electrons. The van der Waals surface area contributed by atoms with Gasteiger partial charge in [0.2, 0.25) is 0 Å². The molecule has 2 aromatic carbocycles. The summed E-state index contributed by atoms with van der Waals surface area (Å²) in [7, 11) is 0. The van der Waals surface area contributed by atoms with Crippen molar-refractivity contribution in [1.82, 2.24) is 24.8 Å². The predicted molar refractivity (Wildman–Crippen MR) is 137 cm³/mol. The summed E-state index contributed by atoms with van der Waals surface area (Å²) in [5.74, 6) is 4.89. The van der Waals surface area contributed by atoms with Crippen LogP contribution in [0.1, 0.15) is 31.7 Å². The van der Waals surface area contributed by atoms with Crippen LogP contribution in [0.25, 0.3) is 22.3 Å². The minimum absolute atomic E-state index is 0.0161. The minimum Gasteiger partial charge on any atom is -0.598 e. The second-order valence-electron chi connectivity index (χ2n) is 9.22. The average Bonchev–Trinajstić information content (AvgIpc) is 3.31. The van der Waals surface area contributed by atoms with Gasteiger partial charge in [-0.25, -0.2) is 19.4 Å². The Balaban J connectivity index is 1.33.